The third-order valence-electron chi connectivity index (χ3n) is 2.29. The van der Waals surface area contributed by atoms with E-state index in [9.17, 15) is 9.59 Å². The fourth-order valence-corrected chi connectivity index (χ4v) is 2.49. The molecule has 0 bridgehead atoms. The highest BCUT2D eigenvalue weighted by Crippen LogP contribution is 2.30. The minimum Gasteiger partial charge on any atom is -0.355 e. The number of nitrogens with one attached hydrogen (secondary N) is 1. The van der Waals surface area contributed by atoms with Gasteiger partial charge < -0.3 is 5.32 Å². The van der Waals surface area contributed by atoms with Crippen molar-refractivity contribution in [3.63, 3.8) is 0 Å². The van der Waals surface area contributed by atoms with Crippen LogP contribution < -0.4 is 5.32 Å². The molecule has 0 aliphatic carbocycles. The summed E-state index contributed by atoms with van der Waals surface area (Å²) >= 11 is 1.41. The monoisotopic (exact) mass is 246 g/mol. The Kier molecular flexibility index (Phi) is 3.62. The molecule has 4 nitrogen and oxygen atoms in total. The molecule has 0 saturated carbocycles. The van der Waals surface area contributed by atoms with E-state index in [-0.39, 0.29) is 0 Å². The van der Waals surface area contributed by atoms with Crippen LogP contribution in [0, 0.1) is 0 Å². The number of aromatic nitrogens is 1. The van der Waals surface area contributed by atoms with E-state index < -0.39 is 0 Å². The van der Waals surface area contributed by atoms with Crippen molar-refractivity contribution >= 4 is 24.0 Å². The Morgan fingerprint density at radius 2 is 2.06 bits per heavy atom. The maximum atomic E-state index is 10.9. The highest BCUT2D eigenvalue weighted by Gasteiger charge is 2.09. The number of amides is 1. The highest BCUT2D eigenvalue weighted by molar-refractivity contribution is 7.17. The number of carbonyl (C=O) groups is 2. The van der Waals surface area contributed by atoms with Gasteiger partial charge in [-0.2, -0.15) is 0 Å². The van der Waals surface area contributed by atoms with Crippen molar-refractivity contribution in [3.8, 4) is 10.4 Å². The van der Waals surface area contributed by atoms with Gasteiger partial charge in [0.05, 0.1) is 4.88 Å². The molecule has 0 atom stereocenters. The minimum absolute atomic E-state index is 0.374. The lowest BCUT2D eigenvalue weighted by molar-refractivity contribution is -0.109. The van der Waals surface area contributed by atoms with E-state index in [1.165, 1.54) is 11.3 Å². The van der Waals surface area contributed by atoms with Gasteiger partial charge in [0.25, 0.3) is 0 Å². The first-order chi connectivity index (χ1) is 8.35. The molecule has 0 fully saturated rings. The summed E-state index contributed by atoms with van der Waals surface area (Å²) in [5.41, 5.74) is 1.86. The van der Waals surface area contributed by atoms with Crippen LogP contribution in [0.4, 0.5) is 0 Å². The third kappa shape index (κ3) is 2.57. The van der Waals surface area contributed by atoms with Crippen molar-refractivity contribution in [1.82, 2.24) is 10.3 Å². The highest BCUT2D eigenvalue weighted by atomic mass is 32.1. The Morgan fingerprint density at radius 1 is 1.29 bits per heavy atom. The lowest BCUT2D eigenvalue weighted by atomic mass is 10.2. The molecule has 0 aliphatic rings. The first-order valence-corrected chi connectivity index (χ1v) is 5.82. The topological polar surface area (TPSA) is 59.1 Å². The average Bonchev–Trinajstić information content (AvgIpc) is 2.80. The molecule has 0 saturated heterocycles. The second kappa shape index (κ2) is 5.36. The van der Waals surface area contributed by atoms with Crippen molar-refractivity contribution in [3.05, 3.63) is 41.0 Å². The second-order valence-corrected chi connectivity index (χ2v) is 4.44. The van der Waals surface area contributed by atoms with E-state index in [2.05, 4.69) is 10.3 Å². The number of aldehydes is 1. The van der Waals surface area contributed by atoms with Crippen LogP contribution in [0.15, 0.2) is 30.6 Å². The minimum atomic E-state index is 0.374. The van der Waals surface area contributed by atoms with Gasteiger partial charge in [-0.25, -0.2) is 0 Å². The van der Waals surface area contributed by atoms with Crippen LogP contribution in [0.2, 0.25) is 0 Å². The Morgan fingerprint density at radius 3 is 2.71 bits per heavy atom. The van der Waals surface area contributed by atoms with Crippen LogP contribution in [0.3, 0.4) is 0 Å². The first kappa shape index (κ1) is 11.5. The summed E-state index contributed by atoms with van der Waals surface area (Å²) in [6.45, 7) is 0.374. The molecule has 0 spiro atoms. The molecular formula is C12H10N2O2S. The lowest BCUT2D eigenvalue weighted by Crippen LogP contribution is -2.09. The molecule has 0 unspecified atom stereocenters. The maximum absolute atomic E-state index is 10.9. The fourth-order valence-electron chi connectivity index (χ4n) is 1.49. The van der Waals surface area contributed by atoms with E-state index in [4.69, 9.17) is 0 Å². The molecule has 5 heteroatoms. The third-order valence-corrected chi connectivity index (χ3v) is 3.44. The predicted octanol–water partition coefficient (Wildman–Crippen LogP) is 1.87. The Labute approximate surface area is 102 Å². The zero-order chi connectivity index (χ0) is 12.1. The number of hydrogen-bond acceptors (Lipinski definition) is 4. The molecular weight excluding hydrogens is 236 g/mol. The summed E-state index contributed by atoms with van der Waals surface area (Å²) in [5.74, 6) is 0. The molecule has 0 radical (unpaired) electrons. The average molecular weight is 246 g/mol. The number of carbonyl (C=O) groups excluding carboxylic acids is 2. The van der Waals surface area contributed by atoms with Crippen LogP contribution >= 0.6 is 11.3 Å². The van der Waals surface area contributed by atoms with Gasteiger partial charge in [-0.1, -0.05) is 0 Å². The summed E-state index contributed by atoms with van der Waals surface area (Å²) in [6, 6.07) is 5.69. The number of hydrogen-bond donors (Lipinski definition) is 1. The molecule has 2 heterocycles. The van der Waals surface area contributed by atoms with E-state index in [1.807, 2.05) is 18.2 Å². The summed E-state index contributed by atoms with van der Waals surface area (Å²) in [4.78, 5) is 26.8. The van der Waals surface area contributed by atoms with E-state index in [0.717, 1.165) is 22.3 Å². The number of rotatable bonds is 5. The van der Waals surface area contributed by atoms with Crippen LogP contribution in [0.1, 0.15) is 15.2 Å². The SMILES string of the molecule is O=CNCc1cc(-c2ccncc2)sc1C=O. The van der Waals surface area contributed by atoms with E-state index in [1.54, 1.807) is 12.4 Å². The van der Waals surface area contributed by atoms with Gasteiger partial charge in [0.15, 0.2) is 6.29 Å². The summed E-state index contributed by atoms with van der Waals surface area (Å²) in [5, 5.41) is 2.56. The summed E-state index contributed by atoms with van der Waals surface area (Å²) in [6.07, 6.45) is 4.85. The molecule has 1 amide bonds. The normalized spacial score (nSPS) is 9.88. The predicted molar refractivity (Wildman–Crippen MR) is 65.8 cm³/mol. The van der Waals surface area contributed by atoms with Gasteiger partial charge >= 0.3 is 0 Å². The van der Waals surface area contributed by atoms with Crippen LogP contribution in [0.25, 0.3) is 10.4 Å². The van der Waals surface area contributed by atoms with Crippen LogP contribution in [-0.4, -0.2) is 17.7 Å². The molecule has 2 rings (SSSR count). The Bertz CT molecular complexity index is 523. The second-order valence-electron chi connectivity index (χ2n) is 3.35. The molecule has 1 N–H and O–H groups in total. The largest absolute Gasteiger partial charge is 0.355 e. The van der Waals surface area contributed by atoms with Gasteiger partial charge in [0, 0.05) is 23.8 Å². The quantitative estimate of drug-likeness (QED) is 0.819. The zero-order valence-electron chi connectivity index (χ0n) is 8.92. The van der Waals surface area contributed by atoms with Crippen molar-refractivity contribution in [2.45, 2.75) is 6.54 Å². The zero-order valence-corrected chi connectivity index (χ0v) is 9.74. The van der Waals surface area contributed by atoms with Crippen molar-refractivity contribution in [2.75, 3.05) is 0 Å². The summed E-state index contributed by atoms with van der Waals surface area (Å²) < 4.78 is 0. The van der Waals surface area contributed by atoms with Gasteiger partial charge in [0.1, 0.15) is 0 Å². The van der Waals surface area contributed by atoms with E-state index in [0.29, 0.717) is 17.8 Å². The van der Waals surface area contributed by atoms with Crippen molar-refractivity contribution in [1.29, 1.82) is 0 Å². The van der Waals surface area contributed by atoms with Crippen LogP contribution in [0.5, 0.6) is 0 Å². The number of thiophene rings is 1. The Hall–Kier alpha value is -2.01. The summed E-state index contributed by atoms with van der Waals surface area (Å²) in [7, 11) is 0. The molecule has 86 valence electrons. The van der Waals surface area contributed by atoms with E-state index >= 15 is 0 Å². The van der Waals surface area contributed by atoms with Gasteiger partial charge in [-0.3, -0.25) is 14.6 Å². The van der Waals surface area contributed by atoms with Gasteiger partial charge in [0.2, 0.25) is 6.41 Å². The molecule has 0 aliphatic heterocycles. The van der Waals surface area contributed by atoms with Crippen molar-refractivity contribution in [2.24, 2.45) is 0 Å². The Balaban J connectivity index is 2.34. The fraction of sp³-hybridized carbons (Fsp3) is 0.0833. The molecule has 17 heavy (non-hydrogen) atoms. The molecule has 2 aromatic heterocycles. The number of pyridine rings is 1. The molecule has 2 aromatic rings. The first-order valence-electron chi connectivity index (χ1n) is 5.00. The smallest absolute Gasteiger partial charge is 0.207 e. The standard InChI is InChI=1S/C12H10N2O2S/c15-7-12-10(6-14-8-16)5-11(17-12)9-1-3-13-4-2-9/h1-5,7-8H,6H2,(H,14,16). The maximum Gasteiger partial charge on any atom is 0.207 e. The van der Waals surface area contributed by atoms with Gasteiger partial charge in [-0.15, -0.1) is 11.3 Å². The lowest BCUT2D eigenvalue weighted by Gasteiger charge is -1.95. The van der Waals surface area contributed by atoms with Crippen LogP contribution in [-0.2, 0) is 11.3 Å². The van der Waals surface area contributed by atoms with Gasteiger partial charge in [-0.05, 0) is 29.3 Å². The van der Waals surface area contributed by atoms with Crippen molar-refractivity contribution < 1.29 is 9.59 Å². The molecule has 0 aromatic carbocycles. The number of nitrogens with zero attached hydrogens (tertiary/aromatic N) is 1.